The van der Waals surface area contributed by atoms with Crippen molar-refractivity contribution < 1.29 is 0 Å². The maximum atomic E-state index is 4.33. The molecular formula is C21H30N4. The fourth-order valence-electron chi connectivity index (χ4n) is 3.43. The van der Waals surface area contributed by atoms with Crippen molar-refractivity contribution in [1.82, 2.24) is 14.9 Å². The smallest absolute Gasteiger partial charge is 0.129 e. The van der Waals surface area contributed by atoms with Gasteiger partial charge in [0.25, 0.3) is 0 Å². The van der Waals surface area contributed by atoms with Gasteiger partial charge in [0.1, 0.15) is 12.1 Å². The van der Waals surface area contributed by atoms with Crippen LogP contribution < -0.4 is 5.32 Å². The number of likely N-dealkylation sites (tertiary alicyclic amines) is 1. The Labute approximate surface area is 151 Å². The molecule has 25 heavy (non-hydrogen) atoms. The van der Waals surface area contributed by atoms with Gasteiger partial charge < -0.3 is 5.32 Å². The molecule has 1 aromatic heterocycles. The third-order valence-corrected chi connectivity index (χ3v) is 4.89. The van der Waals surface area contributed by atoms with Crippen LogP contribution in [0.15, 0.2) is 36.7 Å². The van der Waals surface area contributed by atoms with E-state index in [1.165, 1.54) is 30.5 Å². The van der Waals surface area contributed by atoms with Gasteiger partial charge in [-0.3, -0.25) is 4.90 Å². The highest BCUT2D eigenvalue weighted by atomic mass is 15.2. The lowest BCUT2D eigenvalue weighted by Crippen LogP contribution is -2.41. The molecule has 2 heterocycles. The van der Waals surface area contributed by atoms with Crippen molar-refractivity contribution in [3.8, 4) is 0 Å². The molecule has 0 spiro atoms. The van der Waals surface area contributed by atoms with Crippen molar-refractivity contribution in [1.29, 1.82) is 0 Å². The summed E-state index contributed by atoms with van der Waals surface area (Å²) in [5, 5.41) is 3.57. The predicted octanol–water partition coefficient (Wildman–Crippen LogP) is 4.16. The summed E-state index contributed by atoms with van der Waals surface area (Å²) in [6, 6.07) is 11.6. The molecule has 0 bridgehead atoms. The predicted molar refractivity (Wildman–Crippen MR) is 104 cm³/mol. The van der Waals surface area contributed by atoms with E-state index in [2.05, 4.69) is 65.2 Å². The number of hydrogen-bond acceptors (Lipinski definition) is 4. The zero-order valence-corrected chi connectivity index (χ0v) is 15.9. The molecule has 3 rings (SSSR count). The fraction of sp³-hybridized carbons (Fsp3) is 0.524. The van der Waals surface area contributed by atoms with Crippen LogP contribution in [0, 0.1) is 6.92 Å². The summed E-state index contributed by atoms with van der Waals surface area (Å²) in [5.74, 6) is 0.939. The summed E-state index contributed by atoms with van der Waals surface area (Å²) in [4.78, 5) is 11.0. The minimum absolute atomic E-state index is 0.217. The van der Waals surface area contributed by atoms with Crippen LogP contribution in [0.4, 0.5) is 5.82 Å². The Morgan fingerprint density at radius 3 is 2.60 bits per heavy atom. The first-order chi connectivity index (χ1) is 11.9. The second-order valence-corrected chi connectivity index (χ2v) is 8.21. The lowest BCUT2D eigenvalue weighted by Gasteiger charge is -2.33. The maximum Gasteiger partial charge on any atom is 0.129 e. The number of rotatable bonds is 4. The first kappa shape index (κ1) is 17.9. The fourth-order valence-corrected chi connectivity index (χ4v) is 3.43. The molecule has 0 saturated carbocycles. The van der Waals surface area contributed by atoms with Gasteiger partial charge in [0.05, 0.1) is 0 Å². The first-order valence-corrected chi connectivity index (χ1v) is 9.27. The second kappa shape index (κ2) is 7.52. The van der Waals surface area contributed by atoms with E-state index in [1.54, 1.807) is 6.33 Å². The van der Waals surface area contributed by atoms with Crippen LogP contribution >= 0.6 is 0 Å². The molecule has 1 N–H and O–H groups in total. The van der Waals surface area contributed by atoms with Gasteiger partial charge in [0, 0.05) is 30.9 Å². The number of benzene rings is 1. The van der Waals surface area contributed by atoms with Crippen LogP contribution in [0.25, 0.3) is 0 Å². The Morgan fingerprint density at radius 1 is 1.16 bits per heavy atom. The number of nitrogens with one attached hydrogen (secondary N) is 1. The average Bonchev–Trinajstić information content (AvgIpc) is 2.55. The van der Waals surface area contributed by atoms with E-state index < -0.39 is 0 Å². The zero-order chi connectivity index (χ0) is 17.9. The van der Waals surface area contributed by atoms with Crippen molar-refractivity contribution in [2.45, 2.75) is 58.5 Å². The lowest BCUT2D eigenvalue weighted by molar-refractivity contribution is 0.208. The zero-order valence-electron chi connectivity index (χ0n) is 15.9. The van der Waals surface area contributed by atoms with Gasteiger partial charge in [-0.05, 0) is 42.9 Å². The van der Waals surface area contributed by atoms with E-state index >= 15 is 0 Å². The van der Waals surface area contributed by atoms with Crippen LogP contribution in [0.3, 0.4) is 0 Å². The molecule has 1 aliphatic heterocycles. The Morgan fingerprint density at radius 2 is 1.92 bits per heavy atom. The number of hydrogen-bond donors (Lipinski definition) is 1. The molecule has 0 aliphatic carbocycles. The van der Waals surface area contributed by atoms with Gasteiger partial charge in [-0.15, -0.1) is 0 Å². The van der Waals surface area contributed by atoms with Crippen LogP contribution in [0.1, 0.15) is 50.4 Å². The SMILES string of the molecule is Cc1cc(NC2CCCN(Cc3ccc(C(C)(C)C)cc3)C2)ncn1. The lowest BCUT2D eigenvalue weighted by atomic mass is 9.86. The first-order valence-electron chi connectivity index (χ1n) is 9.27. The third kappa shape index (κ3) is 5.02. The van der Waals surface area contributed by atoms with E-state index in [4.69, 9.17) is 0 Å². The molecule has 2 aromatic rings. The largest absolute Gasteiger partial charge is 0.366 e. The number of nitrogens with zero attached hydrogens (tertiary/aromatic N) is 3. The molecule has 0 radical (unpaired) electrons. The Balaban J connectivity index is 1.58. The van der Waals surface area contributed by atoms with Crippen molar-refractivity contribution >= 4 is 5.82 Å². The molecule has 1 aromatic carbocycles. The van der Waals surface area contributed by atoms with E-state index in [0.29, 0.717) is 6.04 Å². The monoisotopic (exact) mass is 338 g/mol. The molecule has 4 heteroatoms. The highest BCUT2D eigenvalue weighted by molar-refractivity contribution is 5.36. The van der Waals surface area contributed by atoms with Crippen molar-refractivity contribution in [2.75, 3.05) is 18.4 Å². The Kier molecular flexibility index (Phi) is 5.38. The summed E-state index contributed by atoms with van der Waals surface area (Å²) in [7, 11) is 0. The molecular weight excluding hydrogens is 308 g/mol. The number of piperidine rings is 1. The summed E-state index contributed by atoms with van der Waals surface area (Å²) in [6.45, 7) is 12.0. The number of aromatic nitrogens is 2. The van der Waals surface area contributed by atoms with Crippen molar-refractivity contribution in [3.05, 3.63) is 53.5 Å². The molecule has 1 saturated heterocycles. The Bertz CT molecular complexity index is 688. The highest BCUT2D eigenvalue weighted by Gasteiger charge is 2.20. The molecule has 4 nitrogen and oxygen atoms in total. The summed E-state index contributed by atoms with van der Waals surface area (Å²) >= 11 is 0. The molecule has 0 amide bonds. The van der Waals surface area contributed by atoms with Crippen LogP contribution in [0.2, 0.25) is 0 Å². The van der Waals surface area contributed by atoms with E-state index in [-0.39, 0.29) is 5.41 Å². The standard InChI is InChI=1S/C21H30N4/c1-16-12-20(23-15-22-16)24-19-6-5-11-25(14-19)13-17-7-9-18(10-8-17)21(2,3)4/h7-10,12,15,19H,5-6,11,13-14H2,1-4H3,(H,22,23,24). The third-order valence-electron chi connectivity index (χ3n) is 4.89. The summed E-state index contributed by atoms with van der Waals surface area (Å²) < 4.78 is 0. The van der Waals surface area contributed by atoms with Gasteiger partial charge in [0.2, 0.25) is 0 Å². The Hall–Kier alpha value is -1.94. The van der Waals surface area contributed by atoms with E-state index in [0.717, 1.165) is 24.6 Å². The van der Waals surface area contributed by atoms with Crippen LogP contribution in [-0.2, 0) is 12.0 Å². The van der Waals surface area contributed by atoms with Crippen molar-refractivity contribution in [3.63, 3.8) is 0 Å². The van der Waals surface area contributed by atoms with Gasteiger partial charge in [-0.1, -0.05) is 45.0 Å². The maximum absolute atomic E-state index is 4.33. The molecule has 1 atom stereocenters. The summed E-state index contributed by atoms with van der Waals surface area (Å²) in [6.07, 6.45) is 4.05. The quantitative estimate of drug-likeness (QED) is 0.909. The molecule has 1 fully saturated rings. The van der Waals surface area contributed by atoms with Crippen LogP contribution in [-0.4, -0.2) is 34.0 Å². The molecule has 1 aliphatic rings. The molecule has 134 valence electrons. The minimum Gasteiger partial charge on any atom is -0.366 e. The van der Waals surface area contributed by atoms with E-state index in [9.17, 15) is 0 Å². The minimum atomic E-state index is 0.217. The van der Waals surface area contributed by atoms with Crippen molar-refractivity contribution in [2.24, 2.45) is 0 Å². The topological polar surface area (TPSA) is 41.0 Å². The summed E-state index contributed by atoms with van der Waals surface area (Å²) in [5.41, 5.74) is 4.01. The average molecular weight is 338 g/mol. The van der Waals surface area contributed by atoms with Gasteiger partial charge in [0.15, 0.2) is 0 Å². The van der Waals surface area contributed by atoms with Gasteiger partial charge in [-0.2, -0.15) is 0 Å². The van der Waals surface area contributed by atoms with Crippen LogP contribution in [0.5, 0.6) is 0 Å². The number of anilines is 1. The molecule has 1 unspecified atom stereocenters. The normalized spacial score (nSPS) is 19.0. The van der Waals surface area contributed by atoms with Gasteiger partial charge in [-0.25, -0.2) is 9.97 Å². The van der Waals surface area contributed by atoms with E-state index in [1.807, 2.05) is 13.0 Å². The second-order valence-electron chi connectivity index (χ2n) is 8.21. The van der Waals surface area contributed by atoms with Gasteiger partial charge >= 0.3 is 0 Å². The number of aryl methyl sites for hydroxylation is 1. The highest BCUT2D eigenvalue weighted by Crippen LogP contribution is 2.23.